The number of nitro benzene ring substituents is 1. The van der Waals surface area contributed by atoms with Gasteiger partial charge in [0.15, 0.2) is 0 Å². The van der Waals surface area contributed by atoms with Crippen LogP contribution < -0.4 is 0 Å². The van der Waals surface area contributed by atoms with Gasteiger partial charge in [-0.3, -0.25) is 14.7 Å². The molecule has 1 aromatic carbocycles. The average Bonchev–Trinajstić information content (AvgIpc) is 2.75. The number of aromatic nitrogens is 1. The number of allylic oxidation sites excluding steroid dienone is 2. The first-order chi connectivity index (χ1) is 11.1. The molecule has 0 saturated carbocycles. The van der Waals surface area contributed by atoms with Crippen LogP contribution >= 0.6 is 0 Å². The number of hydrogen-bond acceptors (Lipinski definition) is 4. The predicted octanol–water partition coefficient (Wildman–Crippen LogP) is 3.72. The zero-order chi connectivity index (χ0) is 16.1. The van der Waals surface area contributed by atoms with E-state index < -0.39 is 4.92 Å². The molecule has 0 amide bonds. The van der Waals surface area contributed by atoms with Gasteiger partial charge in [0, 0.05) is 35.1 Å². The molecule has 0 saturated heterocycles. The predicted molar refractivity (Wildman–Crippen MR) is 84.2 cm³/mol. The van der Waals surface area contributed by atoms with Crippen molar-refractivity contribution >= 4 is 5.69 Å². The molecule has 3 aliphatic rings. The minimum Gasteiger partial charge on any atom is -0.494 e. The highest BCUT2D eigenvalue weighted by Crippen LogP contribution is 2.52. The fourth-order valence-corrected chi connectivity index (χ4v) is 3.78. The first-order valence-corrected chi connectivity index (χ1v) is 7.67. The molecule has 0 radical (unpaired) electrons. The van der Waals surface area contributed by atoms with Crippen molar-refractivity contribution in [2.45, 2.75) is 31.1 Å². The number of rotatable bonds is 2. The molecule has 6 heteroatoms. The fourth-order valence-electron chi connectivity index (χ4n) is 3.78. The molecule has 3 aliphatic carbocycles. The van der Waals surface area contributed by atoms with Gasteiger partial charge in [-0.25, -0.2) is 0 Å². The van der Waals surface area contributed by atoms with E-state index in [1.54, 1.807) is 0 Å². The highest BCUT2D eigenvalue weighted by molar-refractivity contribution is 5.59. The third-order valence-corrected chi connectivity index (χ3v) is 4.86. The van der Waals surface area contributed by atoms with Crippen molar-refractivity contribution in [3.05, 3.63) is 57.7 Å². The van der Waals surface area contributed by atoms with Gasteiger partial charge in [0.25, 0.3) is 5.69 Å². The van der Waals surface area contributed by atoms with E-state index in [4.69, 9.17) is 0 Å². The molecule has 0 spiro atoms. The second-order valence-electron chi connectivity index (χ2n) is 6.11. The molecule has 5 rings (SSSR count). The van der Waals surface area contributed by atoms with E-state index in [2.05, 4.69) is 12.2 Å². The Labute approximate surface area is 132 Å². The van der Waals surface area contributed by atoms with Crippen molar-refractivity contribution in [3.8, 4) is 17.4 Å². The van der Waals surface area contributed by atoms with Gasteiger partial charge in [0.1, 0.15) is 0 Å². The Morgan fingerprint density at radius 1 is 1.00 bits per heavy atom. The molecule has 2 bridgehead atoms. The Morgan fingerprint density at radius 3 is 2.00 bits per heavy atom. The van der Waals surface area contributed by atoms with E-state index in [9.17, 15) is 20.3 Å². The van der Waals surface area contributed by atoms with E-state index >= 15 is 0 Å². The number of nitro groups is 1. The largest absolute Gasteiger partial charge is 0.494 e. The summed E-state index contributed by atoms with van der Waals surface area (Å²) in [5, 5.41) is 32.1. The van der Waals surface area contributed by atoms with Crippen LogP contribution in [0.5, 0.6) is 11.8 Å². The number of fused-ring (bicyclic) bond motifs is 2. The SMILES string of the molecule is O=[N+]([O-])c1ccc(-n2c(O)c3c(c2O)C2C=CC3CCC2)cc1. The zero-order valence-corrected chi connectivity index (χ0v) is 12.3. The van der Waals surface area contributed by atoms with Crippen molar-refractivity contribution in [2.24, 2.45) is 0 Å². The average molecular weight is 312 g/mol. The lowest BCUT2D eigenvalue weighted by atomic mass is 9.86. The van der Waals surface area contributed by atoms with Gasteiger partial charge in [-0.05, 0) is 25.0 Å². The quantitative estimate of drug-likeness (QED) is 0.502. The smallest absolute Gasteiger partial charge is 0.269 e. The molecule has 2 aromatic rings. The van der Waals surface area contributed by atoms with Crippen molar-refractivity contribution in [2.75, 3.05) is 0 Å². The summed E-state index contributed by atoms with van der Waals surface area (Å²) in [6.07, 6.45) is 7.20. The van der Waals surface area contributed by atoms with Crippen LogP contribution in [0.1, 0.15) is 42.2 Å². The Hall–Kier alpha value is -2.76. The van der Waals surface area contributed by atoms with Crippen molar-refractivity contribution in [3.63, 3.8) is 0 Å². The molecule has 2 N–H and O–H groups in total. The topological polar surface area (TPSA) is 88.5 Å². The van der Waals surface area contributed by atoms with Crippen LogP contribution in [0, 0.1) is 10.1 Å². The fraction of sp³-hybridized carbons (Fsp3) is 0.294. The lowest BCUT2D eigenvalue weighted by Crippen LogP contribution is -2.02. The third-order valence-electron chi connectivity index (χ3n) is 4.86. The Morgan fingerprint density at radius 2 is 1.52 bits per heavy atom. The van der Waals surface area contributed by atoms with Crippen LogP contribution in [0.3, 0.4) is 0 Å². The molecule has 1 aromatic heterocycles. The van der Waals surface area contributed by atoms with Gasteiger partial charge in [-0.1, -0.05) is 18.6 Å². The number of non-ortho nitro benzene ring substituents is 1. The molecule has 23 heavy (non-hydrogen) atoms. The molecule has 118 valence electrons. The summed E-state index contributed by atoms with van der Waals surface area (Å²) in [5.41, 5.74) is 2.08. The van der Waals surface area contributed by atoms with E-state index in [1.165, 1.54) is 28.8 Å². The van der Waals surface area contributed by atoms with E-state index in [0.29, 0.717) is 5.69 Å². The second-order valence-corrected chi connectivity index (χ2v) is 6.11. The standard InChI is InChI=1S/C17H16N2O4/c20-16-14-10-2-1-3-11(5-4-10)15(14)17(21)18(16)12-6-8-13(9-7-12)19(22)23/h4-11,20-21H,1-3H2. The molecule has 1 heterocycles. The van der Waals surface area contributed by atoms with E-state index in [1.807, 2.05) is 0 Å². The maximum absolute atomic E-state index is 10.8. The maximum atomic E-state index is 10.8. The van der Waals surface area contributed by atoms with Gasteiger partial charge in [-0.15, -0.1) is 0 Å². The molecule has 2 atom stereocenters. The first kappa shape index (κ1) is 13.9. The lowest BCUT2D eigenvalue weighted by Gasteiger charge is -2.17. The van der Waals surface area contributed by atoms with Crippen LogP contribution in [0.2, 0.25) is 0 Å². The van der Waals surface area contributed by atoms with Crippen LogP contribution in [0.25, 0.3) is 5.69 Å². The second kappa shape index (κ2) is 4.87. The summed E-state index contributed by atoms with van der Waals surface area (Å²) in [7, 11) is 0. The van der Waals surface area contributed by atoms with E-state index in [0.717, 1.165) is 30.4 Å². The normalized spacial score (nSPS) is 21.9. The Balaban J connectivity index is 1.87. The van der Waals surface area contributed by atoms with Crippen LogP contribution in [0.15, 0.2) is 36.4 Å². The van der Waals surface area contributed by atoms with Crippen molar-refractivity contribution < 1.29 is 15.1 Å². The highest BCUT2D eigenvalue weighted by atomic mass is 16.6. The third kappa shape index (κ3) is 1.94. The van der Waals surface area contributed by atoms with Gasteiger partial charge >= 0.3 is 0 Å². The minimum atomic E-state index is -0.474. The van der Waals surface area contributed by atoms with Gasteiger partial charge in [0.2, 0.25) is 11.8 Å². The molecule has 0 fully saturated rings. The van der Waals surface area contributed by atoms with Crippen LogP contribution in [0.4, 0.5) is 5.69 Å². The van der Waals surface area contributed by atoms with Gasteiger partial charge in [0.05, 0.1) is 10.6 Å². The van der Waals surface area contributed by atoms with Gasteiger partial charge in [-0.2, -0.15) is 0 Å². The number of hydrogen-bond donors (Lipinski definition) is 2. The summed E-state index contributed by atoms with van der Waals surface area (Å²) in [6, 6.07) is 5.80. The molecule has 0 aliphatic heterocycles. The highest BCUT2D eigenvalue weighted by Gasteiger charge is 2.36. The molecule has 6 nitrogen and oxygen atoms in total. The Kier molecular flexibility index (Phi) is 2.94. The summed E-state index contributed by atoms with van der Waals surface area (Å²) in [4.78, 5) is 10.3. The van der Waals surface area contributed by atoms with Crippen molar-refractivity contribution in [1.82, 2.24) is 4.57 Å². The van der Waals surface area contributed by atoms with Gasteiger partial charge < -0.3 is 10.2 Å². The number of benzene rings is 1. The summed E-state index contributed by atoms with van der Waals surface area (Å²) < 4.78 is 1.38. The van der Waals surface area contributed by atoms with Crippen LogP contribution in [-0.4, -0.2) is 19.7 Å². The first-order valence-electron chi connectivity index (χ1n) is 7.67. The summed E-state index contributed by atoms with van der Waals surface area (Å²) in [6.45, 7) is 0. The monoisotopic (exact) mass is 312 g/mol. The molecular weight excluding hydrogens is 296 g/mol. The van der Waals surface area contributed by atoms with Crippen LogP contribution in [-0.2, 0) is 0 Å². The number of aromatic hydroxyl groups is 2. The lowest BCUT2D eigenvalue weighted by molar-refractivity contribution is -0.384. The summed E-state index contributed by atoms with van der Waals surface area (Å²) in [5.74, 6) is 0.308. The zero-order valence-electron chi connectivity index (χ0n) is 12.3. The number of nitrogens with zero attached hydrogens (tertiary/aromatic N) is 2. The van der Waals surface area contributed by atoms with Crippen molar-refractivity contribution in [1.29, 1.82) is 0 Å². The maximum Gasteiger partial charge on any atom is 0.269 e. The van der Waals surface area contributed by atoms with E-state index in [-0.39, 0.29) is 29.3 Å². The summed E-state index contributed by atoms with van der Waals surface area (Å²) >= 11 is 0. The minimum absolute atomic E-state index is 0.0248. The Bertz CT molecular complexity index is 783. The molecular formula is C17H16N2O4. The molecule has 2 unspecified atom stereocenters.